The summed E-state index contributed by atoms with van der Waals surface area (Å²) in [6, 6.07) is 11.5. The molecule has 1 heterocycles. The number of hydrogen-bond donors (Lipinski definition) is 1. The Kier molecular flexibility index (Phi) is 3.22. The predicted molar refractivity (Wildman–Crippen MR) is 73.5 cm³/mol. The van der Waals surface area contributed by atoms with Crippen molar-refractivity contribution in [3.05, 3.63) is 47.5 Å². The van der Waals surface area contributed by atoms with E-state index in [1.165, 1.54) is 0 Å². The molecule has 2 aromatic rings. The maximum atomic E-state index is 11.5. The number of fused-ring (bicyclic) bond motifs is 1. The predicted octanol–water partition coefficient (Wildman–Crippen LogP) is 3.78. The van der Waals surface area contributed by atoms with E-state index in [0.717, 1.165) is 35.6 Å². The monoisotopic (exact) mass is 256 g/mol. The minimum atomic E-state index is -0.880. The van der Waals surface area contributed by atoms with Crippen molar-refractivity contribution < 1.29 is 14.6 Å². The molecule has 0 saturated carbocycles. The molecule has 2 aromatic carbocycles. The lowest BCUT2D eigenvalue weighted by Crippen LogP contribution is -2.15. The van der Waals surface area contributed by atoms with Crippen LogP contribution < -0.4 is 0 Å². The molecule has 1 unspecified atom stereocenters. The Morgan fingerprint density at radius 3 is 2.74 bits per heavy atom. The highest BCUT2D eigenvalue weighted by Gasteiger charge is 2.24. The van der Waals surface area contributed by atoms with Crippen molar-refractivity contribution in [3.63, 3.8) is 0 Å². The van der Waals surface area contributed by atoms with Gasteiger partial charge in [-0.05, 0) is 36.1 Å². The van der Waals surface area contributed by atoms with E-state index in [2.05, 4.69) is 0 Å². The molecule has 0 amide bonds. The first kappa shape index (κ1) is 12.2. The van der Waals surface area contributed by atoms with Crippen molar-refractivity contribution in [3.8, 4) is 0 Å². The highest BCUT2D eigenvalue weighted by atomic mass is 16.5. The second kappa shape index (κ2) is 5.02. The summed E-state index contributed by atoms with van der Waals surface area (Å²) in [5, 5.41) is 11.5. The Hall–Kier alpha value is -1.87. The lowest BCUT2D eigenvalue weighted by Gasteiger charge is -2.25. The maximum Gasteiger partial charge on any atom is 0.336 e. The minimum absolute atomic E-state index is 0.0917. The van der Waals surface area contributed by atoms with Gasteiger partial charge in [-0.2, -0.15) is 0 Å². The summed E-state index contributed by atoms with van der Waals surface area (Å²) < 4.78 is 5.80. The molecule has 1 N–H and O–H groups in total. The summed E-state index contributed by atoms with van der Waals surface area (Å²) in [6.45, 7) is 0.715. The molecule has 0 aliphatic carbocycles. The smallest absolute Gasteiger partial charge is 0.336 e. The SMILES string of the molecule is O=C(O)c1ccc2ccccc2c1C1CCCCO1. The molecule has 1 atom stereocenters. The van der Waals surface area contributed by atoms with E-state index in [9.17, 15) is 9.90 Å². The van der Waals surface area contributed by atoms with Crippen LogP contribution in [0.5, 0.6) is 0 Å². The molecule has 0 radical (unpaired) electrons. The molecule has 19 heavy (non-hydrogen) atoms. The summed E-state index contributed by atoms with van der Waals surface area (Å²) in [5.74, 6) is -0.880. The minimum Gasteiger partial charge on any atom is -0.478 e. The van der Waals surface area contributed by atoms with Gasteiger partial charge in [-0.15, -0.1) is 0 Å². The van der Waals surface area contributed by atoms with Gasteiger partial charge in [-0.3, -0.25) is 0 Å². The fraction of sp³-hybridized carbons (Fsp3) is 0.312. The van der Waals surface area contributed by atoms with E-state index < -0.39 is 5.97 Å². The molecule has 1 aliphatic rings. The third-order valence-corrected chi connectivity index (χ3v) is 3.70. The molecule has 0 aromatic heterocycles. The first-order valence-corrected chi connectivity index (χ1v) is 6.64. The van der Waals surface area contributed by atoms with E-state index >= 15 is 0 Å². The van der Waals surface area contributed by atoms with Crippen LogP contribution in [-0.2, 0) is 4.74 Å². The summed E-state index contributed by atoms with van der Waals surface area (Å²) in [4.78, 5) is 11.5. The van der Waals surface area contributed by atoms with E-state index in [1.807, 2.05) is 30.3 Å². The standard InChI is InChI=1S/C16H16O3/c17-16(18)13-9-8-11-5-1-2-6-12(11)15(13)14-7-3-4-10-19-14/h1-2,5-6,8-9,14H,3-4,7,10H2,(H,17,18). The van der Waals surface area contributed by atoms with E-state index in [0.29, 0.717) is 12.2 Å². The number of carbonyl (C=O) groups is 1. The van der Waals surface area contributed by atoms with Crippen molar-refractivity contribution in [2.24, 2.45) is 0 Å². The fourth-order valence-corrected chi connectivity index (χ4v) is 2.80. The fourth-order valence-electron chi connectivity index (χ4n) is 2.80. The van der Waals surface area contributed by atoms with Crippen molar-refractivity contribution in [2.75, 3.05) is 6.61 Å². The van der Waals surface area contributed by atoms with Crippen LogP contribution in [0.1, 0.15) is 41.3 Å². The van der Waals surface area contributed by atoms with Gasteiger partial charge in [0.2, 0.25) is 0 Å². The number of carboxylic acids is 1. The van der Waals surface area contributed by atoms with Gasteiger partial charge in [0.1, 0.15) is 0 Å². The molecule has 0 bridgehead atoms. The van der Waals surface area contributed by atoms with Crippen molar-refractivity contribution in [2.45, 2.75) is 25.4 Å². The summed E-state index contributed by atoms with van der Waals surface area (Å²) >= 11 is 0. The molecule has 1 aliphatic heterocycles. The molecule has 98 valence electrons. The second-order valence-electron chi connectivity index (χ2n) is 4.91. The number of ether oxygens (including phenoxy) is 1. The van der Waals surface area contributed by atoms with Crippen LogP contribution in [-0.4, -0.2) is 17.7 Å². The van der Waals surface area contributed by atoms with Gasteiger partial charge < -0.3 is 9.84 Å². The third kappa shape index (κ3) is 2.22. The summed E-state index contributed by atoms with van der Waals surface area (Å²) in [5.41, 5.74) is 1.20. The highest BCUT2D eigenvalue weighted by Crippen LogP contribution is 2.35. The number of hydrogen-bond acceptors (Lipinski definition) is 2. The van der Waals surface area contributed by atoms with E-state index in [4.69, 9.17) is 4.74 Å². The number of carboxylic acid groups (broad SMARTS) is 1. The van der Waals surface area contributed by atoms with Crippen LogP contribution in [0.4, 0.5) is 0 Å². The molecular weight excluding hydrogens is 240 g/mol. The van der Waals surface area contributed by atoms with Gasteiger partial charge in [0.15, 0.2) is 0 Å². The molecule has 3 nitrogen and oxygen atoms in total. The number of aromatic carboxylic acids is 1. The lowest BCUT2D eigenvalue weighted by atomic mass is 9.91. The van der Waals surface area contributed by atoms with E-state index in [-0.39, 0.29) is 6.10 Å². The van der Waals surface area contributed by atoms with Crippen LogP contribution in [0.15, 0.2) is 36.4 Å². The Morgan fingerprint density at radius 1 is 1.16 bits per heavy atom. The molecule has 1 saturated heterocycles. The van der Waals surface area contributed by atoms with Gasteiger partial charge in [-0.1, -0.05) is 30.3 Å². The second-order valence-corrected chi connectivity index (χ2v) is 4.91. The topological polar surface area (TPSA) is 46.5 Å². The summed E-state index contributed by atoms with van der Waals surface area (Å²) in [6.07, 6.45) is 2.95. The third-order valence-electron chi connectivity index (χ3n) is 3.70. The molecule has 1 fully saturated rings. The Bertz CT molecular complexity index is 612. The molecular formula is C16H16O3. The van der Waals surface area contributed by atoms with Crippen LogP contribution in [0, 0.1) is 0 Å². The average molecular weight is 256 g/mol. The number of benzene rings is 2. The zero-order valence-electron chi connectivity index (χ0n) is 10.6. The van der Waals surface area contributed by atoms with Crippen LogP contribution in [0.25, 0.3) is 10.8 Å². The van der Waals surface area contributed by atoms with Gasteiger partial charge >= 0.3 is 5.97 Å². The van der Waals surface area contributed by atoms with Crippen molar-refractivity contribution in [1.29, 1.82) is 0 Å². The van der Waals surface area contributed by atoms with Crippen LogP contribution in [0.3, 0.4) is 0 Å². The van der Waals surface area contributed by atoms with Crippen molar-refractivity contribution in [1.82, 2.24) is 0 Å². The molecule has 3 rings (SSSR count). The van der Waals surface area contributed by atoms with Gasteiger partial charge in [0, 0.05) is 12.2 Å². The van der Waals surface area contributed by atoms with E-state index in [1.54, 1.807) is 6.07 Å². The Labute approximate surface area is 111 Å². The number of rotatable bonds is 2. The zero-order valence-corrected chi connectivity index (χ0v) is 10.6. The molecule has 0 spiro atoms. The van der Waals surface area contributed by atoms with Crippen molar-refractivity contribution >= 4 is 16.7 Å². The average Bonchev–Trinajstić information content (AvgIpc) is 2.46. The van der Waals surface area contributed by atoms with Gasteiger partial charge in [0.05, 0.1) is 11.7 Å². The molecule has 3 heteroatoms. The first-order chi connectivity index (χ1) is 9.27. The Balaban J connectivity index is 2.21. The maximum absolute atomic E-state index is 11.5. The van der Waals surface area contributed by atoms with Gasteiger partial charge in [-0.25, -0.2) is 4.79 Å². The largest absolute Gasteiger partial charge is 0.478 e. The first-order valence-electron chi connectivity index (χ1n) is 6.64. The summed E-state index contributed by atoms with van der Waals surface area (Å²) in [7, 11) is 0. The normalized spacial score (nSPS) is 19.5. The van der Waals surface area contributed by atoms with Crippen LogP contribution in [0.2, 0.25) is 0 Å². The zero-order chi connectivity index (χ0) is 13.2. The van der Waals surface area contributed by atoms with Crippen LogP contribution >= 0.6 is 0 Å². The lowest BCUT2D eigenvalue weighted by molar-refractivity contribution is 0.0148. The quantitative estimate of drug-likeness (QED) is 0.889. The highest BCUT2D eigenvalue weighted by molar-refractivity contribution is 5.98. The Morgan fingerprint density at radius 2 is 2.00 bits per heavy atom. The van der Waals surface area contributed by atoms with Gasteiger partial charge in [0.25, 0.3) is 0 Å².